The van der Waals surface area contributed by atoms with Crippen LogP contribution < -0.4 is 21.3 Å². The molecule has 4 saturated carbocycles. The number of nitrogens with one attached hydrogen (secondary N) is 4. The Labute approximate surface area is 300 Å². The van der Waals surface area contributed by atoms with Crippen LogP contribution in [-0.2, 0) is 24.0 Å². The lowest BCUT2D eigenvalue weighted by Gasteiger charge is -2.42. The molecule has 1 aliphatic heterocycles. The number of Topliss-reactive ketones (excluding diaryl/α,β-unsaturated/α-hetero) is 1. The van der Waals surface area contributed by atoms with Gasteiger partial charge in [0.1, 0.15) is 23.8 Å². The third-order valence-electron chi connectivity index (χ3n) is 12.2. The van der Waals surface area contributed by atoms with Crippen LogP contribution >= 0.6 is 0 Å². The summed E-state index contributed by atoms with van der Waals surface area (Å²) in [6, 6.07) is -3.76. The Morgan fingerprint density at radius 1 is 0.922 bits per heavy atom. The Balaban J connectivity index is 1.23. The van der Waals surface area contributed by atoms with Gasteiger partial charge in [0.2, 0.25) is 23.5 Å². The van der Waals surface area contributed by atoms with Gasteiger partial charge in [-0.1, -0.05) is 73.6 Å². The van der Waals surface area contributed by atoms with Crippen LogP contribution in [0.2, 0.25) is 0 Å². The average molecular weight is 706 g/mol. The summed E-state index contributed by atoms with van der Waals surface area (Å²) < 4.78 is 0. The van der Waals surface area contributed by atoms with Crippen LogP contribution in [0.4, 0.5) is 0 Å². The summed E-state index contributed by atoms with van der Waals surface area (Å²) in [4.78, 5) is 92.4. The van der Waals surface area contributed by atoms with Crippen LogP contribution in [0.15, 0.2) is 18.6 Å². The van der Waals surface area contributed by atoms with Crippen molar-refractivity contribution in [3.63, 3.8) is 0 Å². The molecule has 278 valence electrons. The van der Waals surface area contributed by atoms with Gasteiger partial charge < -0.3 is 26.2 Å². The summed E-state index contributed by atoms with van der Waals surface area (Å²) in [6.45, 7) is 12.1. The number of carbonyl (C=O) groups excluding carboxylic acids is 6. The summed E-state index contributed by atoms with van der Waals surface area (Å²) in [7, 11) is 0. The minimum absolute atomic E-state index is 0.0138. The molecule has 4 aliphatic carbocycles. The van der Waals surface area contributed by atoms with Crippen LogP contribution in [0.3, 0.4) is 0 Å². The molecule has 6 atom stereocenters. The molecule has 1 aromatic heterocycles. The van der Waals surface area contributed by atoms with Crippen LogP contribution in [0.5, 0.6) is 0 Å². The number of fused-ring (bicyclic) bond motifs is 1. The molecule has 4 N–H and O–H groups in total. The fourth-order valence-electron chi connectivity index (χ4n) is 8.50. The highest BCUT2D eigenvalue weighted by Crippen LogP contribution is 2.65. The Morgan fingerprint density at radius 3 is 2.20 bits per heavy atom. The number of ketones is 1. The van der Waals surface area contributed by atoms with Crippen molar-refractivity contribution in [2.75, 3.05) is 6.54 Å². The van der Waals surface area contributed by atoms with E-state index in [2.05, 4.69) is 45.1 Å². The second-order valence-corrected chi connectivity index (χ2v) is 17.8. The van der Waals surface area contributed by atoms with Gasteiger partial charge in [-0.2, -0.15) is 0 Å². The molecule has 2 heterocycles. The van der Waals surface area contributed by atoms with Crippen molar-refractivity contribution in [2.24, 2.45) is 34.0 Å². The average Bonchev–Trinajstić information content (AvgIpc) is 4.05. The van der Waals surface area contributed by atoms with E-state index in [1.807, 2.05) is 27.7 Å². The fourth-order valence-corrected chi connectivity index (χ4v) is 8.50. The number of amides is 5. The molecule has 0 spiro atoms. The molecular weight excluding hydrogens is 650 g/mol. The standard InChI is InChI=1S/C38H55N7O6/c1-36(2,3)30(44-34(50)29(38(6)14-8-7-9-15-38)43-31(47)25-19-39-16-17-40-25)35(51)45-20-23-26(37(23,4)5)27(45)32(48)42-24(18-21-10-11-21)28(46)33(49)41-22-12-13-22/h16-17,19,21-24,26-27,29-30H,7-15,18,20H2,1-6H3,(H,41,49)(H,42,48)(H,43,47)(H,44,50)/t23-,24?,26-,27-,29+,30+/m0/s1. The van der Waals surface area contributed by atoms with Crippen molar-refractivity contribution in [2.45, 2.75) is 136 Å². The van der Waals surface area contributed by atoms with Gasteiger partial charge in [-0.3, -0.25) is 33.8 Å². The number of rotatable bonds is 13. The highest BCUT2D eigenvalue weighted by molar-refractivity contribution is 6.38. The number of hydrogen-bond acceptors (Lipinski definition) is 8. The third kappa shape index (κ3) is 7.96. The minimum Gasteiger partial charge on any atom is -0.347 e. The van der Waals surface area contributed by atoms with Crippen LogP contribution in [-0.4, -0.2) is 86.9 Å². The summed E-state index contributed by atoms with van der Waals surface area (Å²) in [5, 5.41) is 11.6. The van der Waals surface area contributed by atoms with Gasteiger partial charge in [-0.15, -0.1) is 0 Å². The molecule has 1 unspecified atom stereocenters. The molecule has 1 saturated heterocycles. The summed E-state index contributed by atoms with van der Waals surface area (Å²) in [5.41, 5.74) is -1.41. The number of nitrogens with zero attached hydrogens (tertiary/aromatic N) is 3. The summed E-state index contributed by atoms with van der Waals surface area (Å²) >= 11 is 0. The van der Waals surface area contributed by atoms with Gasteiger partial charge in [0, 0.05) is 25.0 Å². The summed E-state index contributed by atoms with van der Waals surface area (Å²) in [5.74, 6) is -2.91. The first-order valence-electron chi connectivity index (χ1n) is 18.8. The largest absolute Gasteiger partial charge is 0.347 e. The number of piperidine rings is 1. The van der Waals surface area contributed by atoms with Gasteiger partial charge in [-0.05, 0) is 66.1 Å². The lowest BCUT2D eigenvalue weighted by molar-refractivity contribution is -0.147. The van der Waals surface area contributed by atoms with Crippen molar-refractivity contribution in [3.8, 4) is 0 Å². The molecule has 51 heavy (non-hydrogen) atoms. The van der Waals surface area contributed by atoms with Gasteiger partial charge in [0.25, 0.3) is 11.8 Å². The van der Waals surface area contributed by atoms with Crippen molar-refractivity contribution in [1.29, 1.82) is 0 Å². The molecule has 13 nitrogen and oxygen atoms in total. The van der Waals surface area contributed by atoms with E-state index in [0.29, 0.717) is 13.0 Å². The first-order valence-corrected chi connectivity index (χ1v) is 18.8. The Morgan fingerprint density at radius 2 is 1.61 bits per heavy atom. The van der Waals surface area contributed by atoms with Crippen molar-refractivity contribution in [1.82, 2.24) is 36.1 Å². The van der Waals surface area contributed by atoms with Gasteiger partial charge in [0.15, 0.2) is 0 Å². The maximum Gasteiger partial charge on any atom is 0.289 e. The van der Waals surface area contributed by atoms with Crippen LogP contribution in [0.25, 0.3) is 0 Å². The molecule has 6 rings (SSSR count). The predicted molar refractivity (Wildman–Crippen MR) is 188 cm³/mol. The van der Waals surface area contributed by atoms with E-state index in [9.17, 15) is 28.8 Å². The molecule has 0 radical (unpaired) electrons. The fraction of sp³-hybridized carbons (Fsp3) is 0.737. The zero-order valence-electron chi connectivity index (χ0n) is 30.9. The second kappa shape index (κ2) is 13.9. The highest BCUT2D eigenvalue weighted by atomic mass is 16.2. The molecule has 0 bridgehead atoms. The molecular formula is C38H55N7O6. The van der Waals surface area contributed by atoms with Crippen molar-refractivity contribution < 1.29 is 28.8 Å². The molecule has 13 heteroatoms. The maximum atomic E-state index is 14.7. The van der Waals surface area contributed by atoms with E-state index in [1.165, 1.54) is 18.6 Å². The van der Waals surface area contributed by atoms with Crippen molar-refractivity contribution >= 4 is 35.3 Å². The Bertz CT molecular complexity index is 1540. The Kier molecular flexibility index (Phi) is 10.1. The molecule has 0 aromatic carbocycles. The summed E-state index contributed by atoms with van der Waals surface area (Å²) in [6.07, 6.45) is 12.5. The van der Waals surface area contributed by atoms with E-state index in [-0.39, 0.29) is 40.8 Å². The maximum absolute atomic E-state index is 14.7. The van der Waals surface area contributed by atoms with E-state index in [4.69, 9.17) is 0 Å². The first kappa shape index (κ1) is 36.9. The van der Waals surface area contributed by atoms with E-state index >= 15 is 0 Å². The van der Waals surface area contributed by atoms with Crippen LogP contribution in [0, 0.1) is 34.0 Å². The van der Waals surface area contributed by atoms with E-state index in [0.717, 1.165) is 57.8 Å². The monoisotopic (exact) mass is 705 g/mol. The molecule has 5 aliphatic rings. The smallest absolute Gasteiger partial charge is 0.289 e. The topological polar surface area (TPSA) is 180 Å². The van der Waals surface area contributed by atoms with Crippen molar-refractivity contribution in [3.05, 3.63) is 24.3 Å². The van der Waals surface area contributed by atoms with Gasteiger partial charge in [0.05, 0.1) is 12.2 Å². The number of likely N-dealkylation sites (tertiary alicyclic amines) is 1. The molecule has 5 fully saturated rings. The lowest BCUT2D eigenvalue weighted by atomic mass is 9.70. The molecule has 5 amide bonds. The zero-order chi connectivity index (χ0) is 36.9. The number of carbonyl (C=O) groups is 6. The first-order chi connectivity index (χ1) is 24.0. The lowest BCUT2D eigenvalue weighted by Crippen LogP contribution is -2.64. The minimum atomic E-state index is -1.02. The number of hydrogen-bond donors (Lipinski definition) is 4. The van der Waals surface area contributed by atoms with Gasteiger partial charge in [-0.25, -0.2) is 4.98 Å². The molecule has 1 aromatic rings. The van der Waals surface area contributed by atoms with E-state index < -0.39 is 64.4 Å². The SMILES string of the molecule is CC(C)(C)[C@H](NC(=O)[C@@H](NC(=O)c1cnccn1)C1(C)CCCCC1)C(=O)N1C[C@H]2[C@@H]([C@H]1C(=O)NC(CC1CC1)C(=O)C(=O)NC1CC1)C2(C)C. The quantitative estimate of drug-likeness (QED) is 0.226. The van der Waals surface area contributed by atoms with Gasteiger partial charge >= 0.3 is 0 Å². The van der Waals surface area contributed by atoms with E-state index in [1.54, 1.807) is 4.90 Å². The number of aromatic nitrogens is 2. The zero-order valence-corrected chi connectivity index (χ0v) is 30.9. The third-order valence-corrected chi connectivity index (χ3v) is 12.2. The predicted octanol–water partition coefficient (Wildman–Crippen LogP) is 2.69. The van der Waals surface area contributed by atoms with Crippen LogP contribution in [0.1, 0.15) is 116 Å². The Hall–Kier alpha value is -3.90. The highest BCUT2D eigenvalue weighted by Gasteiger charge is 2.70. The second-order valence-electron chi connectivity index (χ2n) is 17.8. The normalized spacial score (nSPS) is 26.5.